The molecule has 1 amide bonds. The number of hydrogen-bond acceptors (Lipinski definition) is 3. The summed E-state index contributed by atoms with van der Waals surface area (Å²) in [6.07, 6.45) is 9.81. The standard InChI is InChI=1S/C16H30ClNO3/c1-2-3-4-5-6-7-8-9-10-18(15(19)13-17)14-16-20-11-12-21-16/h16H,2-14H2,1H3. The maximum absolute atomic E-state index is 11.8. The number of hydrogen-bond donors (Lipinski definition) is 0. The largest absolute Gasteiger partial charge is 0.348 e. The van der Waals surface area contributed by atoms with E-state index >= 15 is 0 Å². The van der Waals surface area contributed by atoms with Crippen LogP contribution < -0.4 is 0 Å². The van der Waals surface area contributed by atoms with Crippen LogP contribution in [-0.2, 0) is 14.3 Å². The lowest BCUT2D eigenvalue weighted by molar-refractivity contribution is -0.134. The predicted molar refractivity (Wildman–Crippen MR) is 85.6 cm³/mol. The van der Waals surface area contributed by atoms with E-state index in [9.17, 15) is 4.79 Å². The summed E-state index contributed by atoms with van der Waals surface area (Å²) >= 11 is 5.67. The quantitative estimate of drug-likeness (QED) is 0.408. The van der Waals surface area contributed by atoms with Crippen LogP contribution in [0.3, 0.4) is 0 Å². The highest BCUT2D eigenvalue weighted by Crippen LogP contribution is 2.11. The maximum Gasteiger partial charge on any atom is 0.237 e. The summed E-state index contributed by atoms with van der Waals surface area (Å²) in [7, 11) is 0. The van der Waals surface area contributed by atoms with Crippen LogP contribution in [0, 0.1) is 0 Å². The second-order valence-corrected chi connectivity index (χ2v) is 5.89. The summed E-state index contributed by atoms with van der Waals surface area (Å²) in [5, 5.41) is 0. The Bertz CT molecular complexity index is 270. The van der Waals surface area contributed by atoms with Gasteiger partial charge in [0.2, 0.25) is 5.91 Å². The molecule has 0 aromatic carbocycles. The number of nitrogens with zero attached hydrogens (tertiary/aromatic N) is 1. The first-order valence-corrected chi connectivity index (χ1v) is 8.88. The Morgan fingerprint density at radius 1 is 1.05 bits per heavy atom. The van der Waals surface area contributed by atoms with Gasteiger partial charge in [-0.3, -0.25) is 4.79 Å². The van der Waals surface area contributed by atoms with E-state index in [4.69, 9.17) is 21.1 Å². The van der Waals surface area contributed by atoms with Crippen LogP contribution >= 0.6 is 11.6 Å². The first kappa shape index (κ1) is 18.7. The van der Waals surface area contributed by atoms with Gasteiger partial charge in [0.1, 0.15) is 5.88 Å². The second kappa shape index (κ2) is 12.2. The first-order valence-electron chi connectivity index (χ1n) is 8.35. The van der Waals surface area contributed by atoms with Gasteiger partial charge in [-0.2, -0.15) is 0 Å². The van der Waals surface area contributed by atoms with Crippen molar-refractivity contribution in [2.24, 2.45) is 0 Å². The summed E-state index contributed by atoms with van der Waals surface area (Å²) in [5.74, 6) is 0.00252. The van der Waals surface area contributed by atoms with Gasteiger partial charge in [0, 0.05) is 6.54 Å². The van der Waals surface area contributed by atoms with E-state index in [0.717, 1.165) is 13.0 Å². The van der Waals surface area contributed by atoms with Crippen molar-refractivity contribution in [3.63, 3.8) is 0 Å². The molecule has 124 valence electrons. The van der Waals surface area contributed by atoms with Crippen molar-refractivity contribution in [1.29, 1.82) is 0 Å². The Labute approximate surface area is 134 Å². The van der Waals surface area contributed by atoms with E-state index in [1.54, 1.807) is 4.90 Å². The van der Waals surface area contributed by atoms with Crippen molar-refractivity contribution >= 4 is 17.5 Å². The van der Waals surface area contributed by atoms with Crippen LogP contribution in [0.15, 0.2) is 0 Å². The van der Waals surface area contributed by atoms with Gasteiger partial charge in [-0.15, -0.1) is 11.6 Å². The van der Waals surface area contributed by atoms with E-state index < -0.39 is 0 Å². The molecule has 21 heavy (non-hydrogen) atoms. The van der Waals surface area contributed by atoms with Crippen molar-refractivity contribution in [3.8, 4) is 0 Å². The average Bonchev–Trinajstić information content (AvgIpc) is 3.01. The Balaban J connectivity index is 2.10. The van der Waals surface area contributed by atoms with E-state index in [-0.39, 0.29) is 18.1 Å². The minimum absolute atomic E-state index is 0.0290. The van der Waals surface area contributed by atoms with E-state index in [2.05, 4.69) is 6.92 Å². The molecule has 0 atom stereocenters. The fourth-order valence-electron chi connectivity index (χ4n) is 2.53. The number of ether oxygens (including phenoxy) is 2. The van der Waals surface area contributed by atoms with E-state index in [1.807, 2.05) is 0 Å². The molecule has 0 radical (unpaired) electrons. The normalized spacial score (nSPS) is 15.5. The van der Waals surface area contributed by atoms with Crippen molar-refractivity contribution in [2.45, 2.75) is 64.6 Å². The molecule has 5 heteroatoms. The third kappa shape index (κ3) is 8.64. The summed E-state index contributed by atoms with van der Waals surface area (Å²) in [6.45, 7) is 4.72. The summed E-state index contributed by atoms with van der Waals surface area (Å²) in [5.41, 5.74) is 0. The Hall–Kier alpha value is -0.320. The molecule has 0 aliphatic carbocycles. The highest BCUT2D eigenvalue weighted by Gasteiger charge is 2.22. The SMILES string of the molecule is CCCCCCCCCCN(CC1OCCO1)C(=O)CCl. The van der Waals surface area contributed by atoms with Crippen LogP contribution in [0.1, 0.15) is 58.3 Å². The number of rotatable bonds is 12. The molecule has 1 rings (SSSR count). The number of amides is 1. The van der Waals surface area contributed by atoms with Crippen LogP contribution in [-0.4, -0.2) is 49.3 Å². The minimum Gasteiger partial charge on any atom is -0.348 e. The molecule has 0 unspecified atom stereocenters. The van der Waals surface area contributed by atoms with Gasteiger partial charge in [-0.25, -0.2) is 0 Å². The van der Waals surface area contributed by atoms with Gasteiger partial charge in [0.15, 0.2) is 6.29 Å². The highest BCUT2D eigenvalue weighted by atomic mass is 35.5. The lowest BCUT2D eigenvalue weighted by Crippen LogP contribution is -2.39. The maximum atomic E-state index is 11.8. The lowest BCUT2D eigenvalue weighted by Gasteiger charge is -2.24. The predicted octanol–water partition coefficient (Wildman–Crippen LogP) is 3.57. The average molecular weight is 320 g/mol. The molecule has 1 saturated heterocycles. The van der Waals surface area contributed by atoms with Crippen molar-refractivity contribution in [3.05, 3.63) is 0 Å². The van der Waals surface area contributed by atoms with Crippen LogP contribution in [0.5, 0.6) is 0 Å². The topological polar surface area (TPSA) is 38.8 Å². The molecule has 0 bridgehead atoms. The summed E-state index contributed by atoms with van der Waals surface area (Å²) in [6, 6.07) is 0. The second-order valence-electron chi connectivity index (χ2n) is 5.62. The Morgan fingerprint density at radius 3 is 2.19 bits per heavy atom. The van der Waals surface area contributed by atoms with Crippen molar-refractivity contribution < 1.29 is 14.3 Å². The van der Waals surface area contributed by atoms with Crippen LogP contribution in [0.2, 0.25) is 0 Å². The number of halogens is 1. The molecule has 1 heterocycles. The van der Waals surface area contributed by atoms with Crippen molar-refractivity contribution in [1.82, 2.24) is 4.90 Å². The van der Waals surface area contributed by atoms with E-state index in [0.29, 0.717) is 19.8 Å². The van der Waals surface area contributed by atoms with Crippen molar-refractivity contribution in [2.75, 3.05) is 32.2 Å². The van der Waals surface area contributed by atoms with Gasteiger partial charge in [-0.1, -0.05) is 51.9 Å². The Morgan fingerprint density at radius 2 is 1.62 bits per heavy atom. The summed E-state index contributed by atoms with van der Waals surface area (Å²) < 4.78 is 10.8. The third-order valence-electron chi connectivity index (χ3n) is 3.81. The highest BCUT2D eigenvalue weighted by molar-refractivity contribution is 6.27. The molecule has 1 fully saturated rings. The number of unbranched alkanes of at least 4 members (excludes halogenated alkanes) is 7. The van der Waals surface area contributed by atoms with Crippen LogP contribution in [0.4, 0.5) is 0 Å². The van der Waals surface area contributed by atoms with Gasteiger partial charge in [-0.05, 0) is 6.42 Å². The summed E-state index contributed by atoms with van der Waals surface area (Å²) in [4.78, 5) is 13.6. The molecule has 4 nitrogen and oxygen atoms in total. The number of carbonyl (C=O) groups is 1. The molecule has 0 N–H and O–H groups in total. The Kier molecular flexibility index (Phi) is 10.9. The number of alkyl halides is 1. The smallest absolute Gasteiger partial charge is 0.237 e. The van der Waals surface area contributed by atoms with Gasteiger partial charge < -0.3 is 14.4 Å². The molecular formula is C16H30ClNO3. The monoisotopic (exact) mass is 319 g/mol. The minimum atomic E-state index is -0.272. The molecule has 0 aromatic rings. The van der Waals surface area contributed by atoms with E-state index in [1.165, 1.54) is 44.9 Å². The van der Waals surface area contributed by atoms with Gasteiger partial charge in [0.05, 0.1) is 19.8 Å². The molecule has 1 aliphatic heterocycles. The molecule has 0 saturated carbocycles. The zero-order chi connectivity index (χ0) is 15.3. The first-order chi connectivity index (χ1) is 10.3. The third-order valence-corrected chi connectivity index (χ3v) is 4.04. The van der Waals surface area contributed by atoms with Crippen LogP contribution in [0.25, 0.3) is 0 Å². The van der Waals surface area contributed by atoms with Gasteiger partial charge >= 0.3 is 0 Å². The molecule has 0 aromatic heterocycles. The fourth-order valence-corrected chi connectivity index (χ4v) is 2.70. The zero-order valence-corrected chi connectivity index (χ0v) is 14.1. The molecular weight excluding hydrogens is 290 g/mol. The number of carbonyl (C=O) groups excluding carboxylic acids is 1. The van der Waals surface area contributed by atoms with Gasteiger partial charge in [0.25, 0.3) is 0 Å². The molecule has 0 spiro atoms. The molecule has 1 aliphatic rings. The fraction of sp³-hybridized carbons (Fsp3) is 0.938. The zero-order valence-electron chi connectivity index (χ0n) is 13.3. The lowest BCUT2D eigenvalue weighted by atomic mass is 10.1.